The zero-order valence-electron chi connectivity index (χ0n) is 21.4. The summed E-state index contributed by atoms with van der Waals surface area (Å²) in [6.45, 7) is 5.84. The summed E-state index contributed by atoms with van der Waals surface area (Å²) in [6.07, 6.45) is -5.32. The molecule has 38 heavy (non-hydrogen) atoms. The number of methoxy groups -OCH3 is 1. The van der Waals surface area contributed by atoms with Gasteiger partial charge in [0.1, 0.15) is 11.9 Å². The third kappa shape index (κ3) is 6.05. The Balaban J connectivity index is 1.72. The van der Waals surface area contributed by atoms with Crippen LogP contribution >= 0.6 is 23.2 Å². The molecule has 3 aromatic rings. The Hall–Kier alpha value is -2.90. The van der Waals surface area contributed by atoms with Crippen LogP contribution in [-0.2, 0) is 17.5 Å². The van der Waals surface area contributed by atoms with Crippen LogP contribution in [0.2, 0.25) is 10.0 Å². The molecule has 0 saturated carbocycles. The monoisotopic (exact) mass is 565 g/mol. The Bertz CT molecular complexity index is 1320. The highest BCUT2D eigenvalue weighted by Crippen LogP contribution is 2.40. The molecule has 202 valence electrons. The Kier molecular flexibility index (Phi) is 8.19. The maximum atomic E-state index is 13.7. The fourth-order valence-corrected chi connectivity index (χ4v) is 5.23. The quantitative estimate of drug-likeness (QED) is 0.299. The summed E-state index contributed by atoms with van der Waals surface area (Å²) >= 11 is 12.2. The summed E-state index contributed by atoms with van der Waals surface area (Å²) in [5.41, 5.74) is 2.44. The second-order valence-corrected chi connectivity index (χ2v) is 10.6. The minimum absolute atomic E-state index is 0.0721. The lowest BCUT2D eigenvalue weighted by Gasteiger charge is -2.38. The zero-order chi connectivity index (χ0) is 27.8. The first-order chi connectivity index (χ1) is 17.9. The highest BCUT2D eigenvalue weighted by Gasteiger charge is 2.36. The number of nitrogens with zero attached hydrogens (tertiary/aromatic N) is 1. The van der Waals surface area contributed by atoms with E-state index in [1.165, 1.54) is 18.1 Å². The molecule has 0 aliphatic carbocycles. The molecule has 9 heteroatoms. The van der Waals surface area contributed by atoms with E-state index in [1.54, 1.807) is 18.2 Å². The first-order valence-electron chi connectivity index (χ1n) is 12.2. The van der Waals surface area contributed by atoms with Crippen LogP contribution in [0.15, 0.2) is 54.6 Å². The maximum absolute atomic E-state index is 13.7. The molecule has 1 amide bonds. The number of hydrogen-bond donors (Lipinski definition) is 0. The molecule has 4 rings (SSSR count). The van der Waals surface area contributed by atoms with Crippen molar-refractivity contribution in [2.24, 2.45) is 0 Å². The number of benzene rings is 3. The Morgan fingerprint density at radius 1 is 1.03 bits per heavy atom. The lowest BCUT2D eigenvalue weighted by molar-refractivity contribution is -0.137. The molecule has 0 aromatic heterocycles. The van der Waals surface area contributed by atoms with Crippen LogP contribution in [0.5, 0.6) is 5.75 Å². The summed E-state index contributed by atoms with van der Waals surface area (Å²) < 4.78 is 52.4. The highest BCUT2D eigenvalue weighted by atomic mass is 35.5. The normalized spacial score (nSPS) is 18.1. The van der Waals surface area contributed by atoms with Gasteiger partial charge < -0.3 is 14.4 Å². The van der Waals surface area contributed by atoms with Gasteiger partial charge in [0.2, 0.25) is 0 Å². The summed E-state index contributed by atoms with van der Waals surface area (Å²) in [6, 6.07) is 13.9. The Labute approximate surface area is 230 Å². The number of hydrogen-bond acceptors (Lipinski definition) is 3. The summed E-state index contributed by atoms with van der Waals surface area (Å²) in [7, 11) is 1.52. The van der Waals surface area contributed by atoms with Crippen LogP contribution in [0.1, 0.15) is 61.5 Å². The van der Waals surface area contributed by atoms with Gasteiger partial charge >= 0.3 is 12.3 Å². The van der Waals surface area contributed by atoms with Gasteiger partial charge in [-0.2, -0.15) is 13.2 Å². The number of halogens is 5. The van der Waals surface area contributed by atoms with E-state index in [2.05, 4.69) is 0 Å². The Morgan fingerprint density at radius 2 is 1.71 bits per heavy atom. The highest BCUT2D eigenvalue weighted by molar-refractivity contribution is 6.34. The number of carbonyl (C=O) groups excluding carboxylic acids is 1. The first-order valence-corrected chi connectivity index (χ1v) is 12.9. The van der Waals surface area contributed by atoms with Gasteiger partial charge in [0, 0.05) is 34.6 Å². The molecule has 1 aliphatic rings. The average molecular weight is 566 g/mol. The number of rotatable bonds is 6. The third-order valence-corrected chi connectivity index (χ3v) is 7.21. The second kappa shape index (κ2) is 11.1. The summed E-state index contributed by atoms with van der Waals surface area (Å²) in [5.74, 6) is 0.731. The van der Waals surface area contributed by atoms with Gasteiger partial charge in [-0.3, -0.25) is 0 Å². The zero-order valence-corrected chi connectivity index (χ0v) is 22.9. The van der Waals surface area contributed by atoms with Gasteiger partial charge in [-0.25, -0.2) is 4.79 Å². The predicted molar refractivity (Wildman–Crippen MR) is 143 cm³/mol. The minimum atomic E-state index is -4.54. The minimum Gasteiger partial charge on any atom is -0.496 e. The van der Waals surface area contributed by atoms with Crippen molar-refractivity contribution >= 4 is 29.3 Å². The van der Waals surface area contributed by atoms with Gasteiger partial charge in [-0.05, 0) is 77.6 Å². The molecule has 0 spiro atoms. The number of ether oxygens (including phenoxy) is 2. The molecule has 0 bridgehead atoms. The van der Waals surface area contributed by atoms with E-state index in [-0.39, 0.29) is 18.5 Å². The average Bonchev–Trinajstić information content (AvgIpc) is 2.84. The molecule has 0 N–H and O–H groups in total. The smallest absolute Gasteiger partial charge is 0.416 e. The molecule has 0 unspecified atom stereocenters. The summed E-state index contributed by atoms with van der Waals surface area (Å²) in [5, 5.41) is 0.842. The summed E-state index contributed by atoms with van der Waals surface area (Å²) in [4.78, 5) is 14.6. The molecular weight excluding hydrogens is 538 g/mol. The van der Waals surface area contributed by atoms with Crippen LogP contribution in [-0.4, -0.2) is 24.1 Å². The van der Waals surface area contributed by atoms with Crippen molar-refractivity contribution in [3.8, 4) is 16.9 Å². The van der Waals surface area contributed by atoms with E-state index in [4.69, 9.17) is 32.7 Å². The van der Waals surface area contributed by atoms with E-state index in [0.717, 1.165) is 17.7 Å². The van der Waals surface area contributed by atoms with E-state index in [1.807, 2.05) is 39.0 Å². The molecule has 1 saturated heterocycles. The van der Waals surface area contributed by atoms with Crippen LogP contribution in [0.25, 0.3) is 11.1 Å². The van der Waals surface area contributed by atoms with Crippen molar-refractivity contribution in [1.82, 2.24) is 4.90 Å². The molecular formula is C29H28Cl2F3NO3. The maximum Gasteiger partial charge on any atom is 0.416 e. The van der Waals surface area contributed by atoms with E-state index in [9.17, 15) is 18.0 Å². The van der Waals surface area contributed by atoms with Crippen LogP contribution in [0.3, 0.4) is 0 Å². The lowest BCUT2D eigenvalue weighted by atomic mass is 9.92. The van der Waals surface area contributed by atoms with Gasteiger partial charge in [-0.1, -0.05) is 49.2 Å². The number of amides is 1. The molecule has 2 atom stereocenters. The topological polar surface area (TPSA) is 38.8 Å². The van der Waals surface area contributed by atoms with E-state index in [0.29, 0.717) is 44.5 Å². The molecule has 3 aromatic carbocycles. The van der Waals surface area contributed by atoms with Crippen LogP contribution < -0.4 is 4.74 Å². The van der Waals surface area contributed by atoms with Crippen LogP contribution in [0.4, 0.5) is 18.0 Å². The number of alkyl halides is 3. The van der Waals surface area contributed by atoms with E-state index >= 15 is 0 Å². The Morgan fingerprint density at radius 3 is 2.29 bits per heavy atom. The molecule has 4 nitrogen and oxygen atoms in total. The van der Waals surface area contributed by atoms with Crippen molar-refractivity contribution < 1.29 is 27.4 Å². The van der Waals surface area contributed by atoms with Crippen molar-refractivity contribution in [1.29, 1.82) is 0 Å². The fraction of sp³-hybridized carbons (Fsp3) is 0.345. The fourth-order valence-electron chi connectivity index (χ4n) is 4.68. The van der Waals surface area contributed by atoms with Gasteiger partial charge in [-0.15, -0.1) is 0 Å². The van der Waals surface area contributed by atoms with Crippen molar-refractivity contribution in [2.75, 3.05) is 7.11 Å². The number of carbonyl (C=O) groups is 1. The van der Waals surface area contributed by atoms with Crippen molar-refractivity contribution in [3.63, 3.8) is 0 Å². The van der Waals surface area contributed by atoms with Crippen molar-refractivity contribution in [2.45, 2.75) is 58.0 Å². The largest absolute Gasteiger partial charge is 0.496 e. The molecule has 1 fully saturated rings. The standard InChI is InChI=1S/C29H28Cl2F3NO3/c1-16(2)18-5-8-26(37-4)25(13-18)24-7-6-21(29(32,33)34)10-20(24)15-35-17(3)9-27(38-28(35)36)19-11-22(30)14-23(31)12-19/h5-8,10-14,16-17,27H,9,15H2,1-4H3/t17-,27-/m1/s1. The lowest BCUT2D eigenvalue weighted by Crippen LogP contribution is -2.44. The van der Waals surface area contributed by atoms with E-state index < -0.39 is 23.9 Å². The predicted octanol–water partition coefficient (Wildman–Crippen LogP) is 9.28. The molecule has 0 radical (unpaired) electrons. The molecule has 1 aliphatic heterocycles. The third-order valence-electron chi connectivity index (χ3n) is 6.78. The van der Waals surface area contributed by atoms with Crippen LogP contribution in [0, 0.1) is 0 Å². The van der Waals surface area contributed by atoms with Gasteiger partial charge in [0.15, 0.2) is 0 Å². The second-order valence-electron chi connectivity index (χ2n) is 9.77. The molecule has 1 heterocycles. The van der Waals surface area contributed by atoms with Gasteiger partial charge in [0.05, 0.1) is 12.7 Å². The number of cyclic esters (lactones) is 1. The van der Waals surface area contributed by atoms with Crippen molar-refractivity contribution in [3.05, 3.63) is 86.9 Å². The SMILES string of the molecule is COc1ccc(C(C)C)cc1-c1ccc(C(F)(F)F)cc1CN1C(=O)O[C@@H](c2cc(Cl)cc(Cl)c2)C[C@H]1C. The van der Waals surface area contributed by atoms with Gasteiger partial charge in [0.25, 0.3) is 0 Å². The first kappa shape index (κ1) is 28.1.